The minimum atomic E-state index is -0.575. The molecule has 2 rings (SSSR count). The molecule has 0 amide bonds. The summed E-state index contributed by atoms with van der Waals surface area (Å²) < 4.78 is 10.5. The minimum Gasteiger partial charge on any atom is -0.433 e. The van der Waals surface area contributed by atoms with Gasteiger partial charge in [-0.15, -0.1) is 0 Å². The van der Waals surface area contributed by atoms with E-state index in [0.717, 1.165) is 12.5 Å². The molecular weight excluding hydrogens is 276 g/mol. The van der Waals surface area contributed by atoms with Gasteiger partial charge in [-0.2, -0.15) is 0 Å². The zero-order valence-electron chi connectivity index (χ0n) is 12.7. The van der Waals surface area contributed by atoms with Gasteiger partial charge >= 0.3 is 5.97 Å². The Morgan fingerprint density at radius 2 is 1.82 bits per heavy atom. The van der Waals surface area contributed by atoms with Crippen molar-refractivity contribution in [2.45, 2.75) is 19.6 Å². The summed E-state index contributed by atoms with van der Waals surface area (Å²) in [5, 5.41) is 0. The van der Waals surface area contributed by atoms with Gasteiger partial charge in [0, 0.05) is 6.08 Å². The lowest BCUT2D eigenvalue weighted by Gasteiger charge is -2.14. The Balaban J connectivity index is 1.96. The normalized spacial score (nSPS) is 11.7. The van der Waals surface area contributed by atoms with Gasteiger partial charge in [-0.3, -0.25) is 0 Å². The number of benzene rings is 2. The predicted octanol–water partition coefficient (Wildman–Crippen LogP) is 3.99. The van der Waals surface area contributed by atoms with Crippen LogP contribution in [0, 0.1) is 0 Å². The molecule has 0 fully saturated rings. The topological polar surface area (TPSA) is 35.5 Å². The highest BCUT2D eigenvalue weighted by atomic mass is 16.7. The smallest absolute Gasteiger partial charge is 0.332 e. The summed E-state index contributed by atoms with van der Waals surface area (Å²) in [5.74, 6) is -0.475. The zero-order valence-corrected chi connectivity index (χ0v) is 12.7. The second-order valence-corrected chi connectivity index (χ2v) is 4.85. The van der Waals surface area contributed by atoms with Crippen molar-refractivity contribution in [2.24, 2.45) is 0 Å². The molecule has 0 bridgehead atoms. The third-order valence-corrected chi connectivity index (χ3v) is 3.27. The molecule has 1 atom stereocenters. The molecule has 0 aliphatic rings. The summed E-state index contributed by atoms with van der Waals surface area (Å²) in [6.07, 6.45) is 1.31. The van der Waals surface area contributed by atoms with Gasteiger partial charge in [-0.05, 0) is 30.0 Å². The molecule has 22 heavy (non-hydrogen) atoms. The van der Waals surface area contributed by atoms with Crippen LogP contribution < -0.4 is 0 Å². The van der Waals surface area contributed by atoms with Crippen LogP contribution in [0.4, 0.5) is 0 Å². The second kappa shape index (κ2) is 8.15. The summed E-state index contributed by atoms with van der Waals surface area (Å²) in [4.78, 5) is 11.1. The van der Waals surface area contributed by atoms with Gasteiger partial charge in [0.15, 0.2) is 6.29 Å². The van der Waals surface area contributed by atoms with E-state index in [9.17, 15) is 4.79 Å². The van der Waals surface area contributed by atoms with Gasteiger partial charge < -0.3 is 9.47 Å². The maximum absolute atomic E-state index is 11.1. The number of rotatable bonds is 7. The van der Waals surface area contributed by atoms with Crippen molar-refractivity contribution in [3.05, 3.63) is 72.8 Å². The maximum atomic E-state index is 11.1. The lowest BCUT2D eigenvalue weighted by molar-refractivity contribution is -0.168. The molecule has 0 aromatic heterocycles. The standard InChI is InChI=1S/C19H20O3/c1-3-19(20)22-15(2)21-14-13-17-11-7-8-12-18(17)16-9-5-4-6-10-16/h3-12,15H,1,13-14H2,2H3. The van der Waals surface area contributed by atoms with Gasteiger partial charge in [0.05, 0.1) is 6.61 Å². The lowest BCUT2D eigenvalue weighted by Crippen LogP contribution is -2.18. The first-order valence-corrected chi connectivity index (χ1v) is 7.28. The fraction of sp³-hybridized carbons (Fsp3) is 0.211. The molecule has 0 radical (unpaired) electrons. The van der Waals surface area contributed by atoms with E-state index in [-0.39, 0.29) is 0 Å². The van der Waals surface area contributed by atoms with E-state index in [2.05, 4.69) is 30.8 Å². The van der Waals surface area contributed by atoms with E-state index >= 15 is 0 Å². The molecule has 3 nitrogen and oxygen atoms in total. The molecule has 1 unspecified atom stereocenters. The van der Waals surface area contributed by atoms with Gasteiger partial charge in [-0.25, -0.2) is 4.79 Å². The molecule has 0 aliphatic carbocycles. The summed E-state index contributed by atoms with van der Waals surface area (Å²) in [6, 6.07) is 18.5. The summed E-state index contributed by atoms with van der Waals surface area (Å²) >= 11 is 0. The Morgan fingerprint density at radius 1 is 1.14 bits per heavy atom. The molecule has 2 aromatic rings. The van der Waals surface area contributed by atoms with Crippen LogP contribution in [0.25, 0.3) is 11.1 Å². The van der Waals surface area contributed by atoms with Crippen molar-refractivity contribution in [2.75, 3.05) is 6.61 Å². The van der Waals surface area contributed by atoms with Crippen LogP contribution in [0.5, 0.6) is 0 Å². The molecule has 0 N–H and O–H groups in total. The minimum absolute atomic E-state index is 0.475. The number of esters is 1. The number of hydrogen-bond acceptors (Lipinski definition) is 3. The van der Waals surface area contributed by atoms with E-state index < -0.39 is 12.3 Å². The largest absolute Gasteiger partial charge is 0.433 e. The van der Waals surface area contributed by atoms with Crippen molar-refractivity contribution in [1.29, 1.82) is 0 Å². The van der Waals surface area contributed by atoms with E-state index in [4.69, 9.17) is 9.47 Å². The van der Waals surface area contributed by atoms with Crippen LogP contribution in [-0.2, 0) is 20.7 Å². The van der Waals surface area contributed by atoms with Crippen LogP contribution in [0.3, 0.4) is 0 Å². The third kappa shape index (κ3) is 4.57. The first kappa shape index (κ1) is 16.0. The van der Waals surface area contributed by atoms with Gasteiger partial charge in [0.1, 0.15) is 0 Å². The molecule has 114 valence electrons. The number of hydrogen-bond donors (Lipinski definition) is 0. The predicted molar refractivity (Wildman–Crippen MR) is 87.3 cm³/mol. The van der Waals surface area contributed by atoms with Crippen molar-refractivity contribution < 1.29 is 14.3 Å². The lowest BCUT2D eigenvalue weighted by atomic mass is 9.98. The number of carbonyl (C=O) groups excluding carboxylic acids is 1. The Hall–Kier alpha value is -2.39. The van der Waals surface area contributed by atoms with E-state index in [0.29, 0.717) is 6.61 Å². The van der Waals surface area contributed by atoms with E-state index in [1.807, 2.05) is 30.3 Å². The van der Waals surface area contributed by atoms with Crippen molar-refractivity contribution in [1.82, 2.24) is 0 Å². The highest BCUT2D eigenvalue weighted by molar-refractivity contribution is 5.81. The Labute approximate surface area is 131 Å². The molecule has 0 heterocycles. The quantitative estimate of drug-likeness (QED) is 0.440. The average molecular weight is 296 g/mol. The SMILES string of the molecule is C=CC(=O)OC(C)OCCc1ccccc1-c1ccccc1. The van der Waals surface area contributed by atoms with Gasteiger partial charge in [0.25, 0.3) is 0 Å². The van der Waals surface area contributed by atoms with E-state index in [1.54, 1.807) is 6.92 Å². The maximum Gasteiger partial charge on any atom is 0.332 e. The van der Waals surface area contributed by atoms with Crippen LogP contribution in [0.1, 0.15) is 12.5 Å². The first-order valence-electron chi connectivity index (χ1n) is 7.28. The Morgan fingerprint density at radius 3 is 2.55 bits per heavy atom. The first-order chi connectivity index (χ1) is 10.7. The van der Waals surface area contributed by atoms with Crippen LogP contribution in [0.15, 0.2) is 67.3 Å². The van der Waals surface area contributed by atoms with Crippen LogP contribution in [0.2, 0.25) is 0 Å². The van der Waals surface area contributed by atoms with Crippen molar-refractivity contribution in [3.8, 4) is 11.1 Å². The molecule has 3 heteroatoms. The Kier molecular flexibility index (Phi) is 5.92. The molecule has 2 aromatic carbocycles. The average Bonchev–Trinajstić information content (AvgIpc) is 2.56. The third-order valence-electron chi connectivity index (χ3n) is 3.27. The summed E-state index contributed by atoms with van der Waals surface area (Å²) in [7, 11) is 0. The fourth-order valence-corrected chi connectivity index (χ4v) is 2.22. The second-order valence-electron chi connectivity index (χ2n) is 4.85. The monoisotopic (exact) mass is 296 g/mol. The molecule has 0 spiro atoms. The number of ether oxygens (including phenoxy) is 2. The zero-order chi connectivity index (χ0) is 15.8. The summed E-state index contributed by atoms with van der Waals surface area (Å²) in [6.45, 7) is 5.54. The van der Waals surface area contributed by atoms with Crippen LogP contribution in [-0.4, -0.2) is 18.9 Å². The molecule has 0 saturated carbocycles. The molecule has 0 saturated heterocycles. The van der Waals surface area contributed by atoms with Crippen molar-refractivity contribution >= 4 is 5.97 Å². The fourth-order valence-electron chi connectivity index (χ4n) is 2.22. The highest BCUT2D eigenvalue weighted by Crippen LogP contribution is 2.23. The summed E-state index contributed by atoms with van der Waals surface area (Å²) in [5.41, 5.74) is 3.59. The van der Waals surface area contributed by atoms with Gasteiger partial charge in [-0.1, -0.05) is 61.2 Å². The van der Waals surface area contributed by atoms with Gasteiger partial charge in [0.2, 0.25) is 0 Å². The molecule has 0 aliphatic heterocycles. The van der Waals surface area contributed by atoms with Crippen molar-refractivity contribution in [3.63, 3.8) is 0 Å². The van der Waals surface area contributed by atoms with Crippen LogP contribution >= 0.6 is 0 Å². The highest BCUT2D eigenvalue weighted by Gasteiger charge is 2.08. The van der Waals surface area contributed by atoms with E-state index in [1.165, 1.54) is 16.7 Å². The Bertz CT molecular complexity index is 620. The number of carbonyl (C=O) groups is 1. The molecular formula is C19H20O3.